The van der Waals surface area contributed by atoms with Gasteiger partial charge >= 0.3 is 18.4 Å². The van der Waals surface area contributed by atoms with E-state index in [1.54, 1.807) is 17.1 Å². The van der Waals surface area contributed by atoms with Crippen molar-refractivity contribution in [1.29, 1.82) is 0 Å². The summed E-state index contributed by atoms with van der Waals surface area (Å²) >= 11 is 0. The monoisotopic (exact) mass is 623 g/mol. The van der Waals surface area contributed by atoms with Crippen LogP contribution in [0.4, 0.5) is 31.1 Å². The maximum Gasteiger partial charge on any atom is 0.416 e. The highest BCUT2D eigenvalue weighted by atomic mass is 19.4. The minimum absolute atomic E-state index is 0.00435. The number of allylic oxidation sites excluding steroid dienone is 5. The van der Waals surface area contributed by atoms with Gasteiger partial charge in [0.25, 0.3) is 0 Å². The van der Waals surface area contributed by atoms with Crippen LogP contribution < -0.4 is 0 Å². The molecule has 3 amide bonds. The first-order chi connectivity index (χ1) is 20.4. The van der Waals surface area contributed by atoms with Crippen molar-refractivity contribution in [2.75, 3.05) is 20.1 Å². The molecule has 240 valence electrons. The van der Waals surface area contributed by atoms with Crippen molar-refractivity contribution >= 4 is 11.9 Å². The highest BCUT2D eigenvalue weighted by molar-refractivity contribution is 5.87. The van der Waals surface area contributed by atoms with E-state index < -0.39 is 47.0 Å². The molecule has 2 saturated heterocycles. The van der Waals surface area contributed by atoms with Crippen LogP contribution in [0.15, 0.2) is 67.3 Å². The van der Waals surface area contributed by atoms with Crippen molar-refractivity contribution < 1.29 is 35.9 Å². The molecule has 3 aliphatic rings. The third kappa shape index (κ3) is 6.19. The smallest absolute Gasteiger partial charge is 0.335 e. The summed E-state index contributed by atoms with van der Waals surface area (Å²) in [5, 5.41) is 0. The summed E-state index contributed by atoms with van der Waals surface area (Å²) in [5.41, 5.74) is -2.84. The fourth-order valence-electron chi connectivity index (χ4n) is 7.12. The summed E-state index contributed by atoms with van der Waals surface area (Å²) in [4.78, 5) is 32.7. The van der Waals surface area contributed by atoms with E-state index in [1.807, 2.05) is 30.9 Å². The second kappa shape index (κ2) is 12.1. The first kappa shape index (κ1) is 33.4. The molecule has 0 aromatic heterocycles. The van der Waals surface area contributed by atoms with Gasteiger partial charge in [0.15, 0.2) is 0 Å². The van der Waals surface area contributed by atoms with Gasteiger partial charge in [0, 0.05) is 26.1 Å². The van der Waals surface area contributed by atoms with Crippen molar-refractivity contribution in [2.45, 2.75) is 70.5 Å². The second-order valence-corrected chi connectivity index (χ2v) is 12.3. The minimum Gasteiger partial charge on any atom is -0.335 e. The number of hydrogen-bond donors (Lipinski definition) is 0. The third-order valence-corrected chi connectivity index (χ3v) is 9.45. The molecule has 5 atom stereocenters. The van der Waals surface area contributed by atoms with Crippen LogP contribution in [0.1, 0.15) is 62.8 Å². The predicted molar refractivity (Wildman–Crippen MR) is 156 cm³/mol. The molecule has 5 nitrogen and oxygen atoms in total. The summed E-state index contributed by atoms with van der Waals surface area (Å²) in [6.07, 6.45) is 0.851. The van der Waals surface area contributed by atoms with Crippen molar-refractivity contribution in [1.82, 2.24) is 14.7 Å². The first-order valence-corrected chi connectivity index (χ1v) is 14.7. The van der Waals surface area contributed by atoms with E-state index in [4.69, 9.17) is 0 Å². The predicted octanol–water partition coefficient (Wildman–Crippen LogP) is 8.03. The molecular formula is C33H39F6N3O2. The van der Waals surface area contributed by atoms with Crippen LogP contribution in [-0.2, 0) is 17.1 Å². The van der Waals surface area contributed by atoms with Crippen LogP contribution >= 0.6 is 0 Å². The number of halogens is 6. The summed E-state index contributed by atoms with van der Waals surface area (Å²) in [7, 11) is 1.38. The molecule has 0 N–H and O–H groups in total. The van der Waals surface area contributed by atoms with Crippen molar-refractivity contribution in [3.63, 3.8) is 0 Å². The molecule has 0 radical (unpaired) electrons. The van der Waals surface area contributed by atoms with Crippen LogP contribution in [0.5, 0.6) is 0 Å². The standard InChI is InChI=1S/C33H39F6N3O2/c1-7-11-31(12-8-2)19-27-28(26-10-9-20(3)15-21(26)4)42(14-13-41(27)29(31)43)30(44)40(6)22(5)23-16-24(32(34,35)36)18-25(17-23)33(37,38)39/h7-10,15-18,21-22,26-28H,1-2,11-14,19H2,3-6H3/t21?,22-,26?,27?,28?/m1/s1. The fraction of sp³-hybridized carbons (Fsp3) is 0.515. The molecule has 2 aliphatic heterocycles. The number of carbonyl (C=O) groups is 2. The molecular weight excluding hydrogens is 584 g/mol. The van der Waals surface area contributed by atoms with Gasteiger partial charge in [-0.15, -0.1) is 13.2 Å². The number of hydrogen-bond acceptors (Lipinski definition) is 2. The number of urea groups is 1. The Balaban J connectivity index is 1.73. The van der Waals surface area contributed by atoms with Crippen LogP contribution in [0, 0.1) is 17.3 Å². The highest BCUT2D eigenvalue weighted by Crippen LogP contribution is 2.48. The van der Waals surface area contributed by atoms with E-state index in [9.17, 15) is 35.9 Å². The Hall–Kier alpha value is -3.50. The lowest BCUT2D eigenvalue weighted by atomic mass is 9.73. The minimum atomic E-state index is -5.01. The highest BCUT2D eigenvalue weighted by Gasteiger charge is 2.57. The van der Waals surface area contributed by atoms with Crippen LogP contribution in [0.3, 0.4) is 0 Å². The largest absolute Gasteiger partial charge is 0.416 e. The molecule has 0 saturated carbocycles. The van der Waals surface area contributed by atoms with E-state index in [2.05, 4.69) is 19.2 Å². The number of nitrogens with zero attached hydrogens (tertiary/aromatic N) is 3. The first-order valence-electron chi connectivity index (χ1n) is 14.7. The molecule has 4 unspecified atom stereocenters. The van der Waals surface area contributed by atoms with Gasteiger partial charge in [0.05, 0.1) is 34.7 Å². The van der Waals surface area contributed by atoms with Gasteiger partial charge < -0.3 is 14.7 Å². The number of alkyl halides is 6. The van der Waals surface area contributed by atoms with Gasteiger partial charge in [-0.3, -0.25) is 4.79 Å². The summed E-state index contributed by atoms with van der Waals surface area (Å²) in [6.45, 7) is 13.5. The molecule has 2 heterocycles. The topological polar surface area (TPSA) is 43.9 Å². The van der Waals surface area contributed by atoms with Gasteiger partial charge in [-0.25, -0.2) is 4.79 Å². The summed E-state index contributed by atoms with van der Waals surface area (Å²) in [5.74, 6) is -0.200. The van der Waals surface area contributed by atoms with Crippen molar-refractivity contribution in [2.24, 2.45) is 17.3 Å². The Morgan fingerprint density at radius 2 is 1.64 bits per heavy atom. The van der Waals surface area contributed by atoms with E-state index in [0.717, 1.165) is 5.57 Å². The van der Waals surface area contributed by atoms with Gasteiger partial charge in [0.1, 0.15) is 0 Å². The van der Waals surface area contributed by atoms with Crippen LogP contribution in [-0.4, -0.2) is 58.9 Å². The Morgan fingerprint density at radius 3 is 2.14 bits per heavy atom. The quantitative estimate of drug-likeness (QED) is 0.228. The second-order valence-electron chi connectivity index (χ2n) is 12.3. The van der Waals surface area contributed by atoms with Crippen molar-refractivity contribution in [3.05, 3.63) is 84.0 Å². The Bertz CT molecular complexity index is 1320. The zero-order valence-corrected chi connectivity index (χ0v) is 25.4. The zero-order valence-electron chi connectivity index (χ0n) is 25.4. The molecule has 1 aromatic rings. The van der Waals surface area contributed by atoms with Gasteiger partial charge in [-0.1, -0.05) is 42.9 Å². The average Bonchev–Trinajstić information content (AvgIpc) is 3.21. The number of carbonyl (C=O) groups excluding carboxylic acids is 2. The van der Waals surface area contributed by atoms with E-state index >= 15 is 0 Å². The van der Waals surface area contributed by atoms with E-state index in [-0.39, 0.29) is 48.5 Å². The Morgan fingerprint density at radius 1 is 1.07 bits per heavy atom. The number of rotatable bonds is 7. The number of benzene rings is 1. The molecule has 1 aromatic carbocycles. The third-order valence-electron chi connectivity index (χ3n) is 9.45. The normalized spacial score (nSPS) is 25.8. The molecule has 44 heavy (non-hydrogen) atoms. The van der Waals surface area contributed by atoms with Gasteiger partial charge in [-0.05, 0) is 62.8 Å². The number of fused-ring (bicyclic) bond motifs is 1. The molecule has 0 bridgehead atoms. The number of amides is 3. The summed E-state index contributed by atoms with van der Waals surface area (Å²) in [6, 6.07) is -1.07. The van der Waals surface area contributed by atoms with Crippen LogP contribution in [0.25, 0.3) is 0 Å². The molecule has 4 rings (SSSR count). The van der Waals surface area contributed by atoms with Gasteiger partial charge in [0.2, 0.25) is 5.91 Å². The molecule has 0 spiro atoms. The lowest BCUT2D eigenvalue weighted by Gasteiger charge is -2.50. The summed E-state index contributed by atoms with van der Waals surface area (Å²) < 4.78 is 81.5. The Labute approximate surface area is 254 Å². The molecule has 2 fully saturated rings. The zero-order chi connectivity index (χ0) is 32.8. The molecule has 11 heteroatoms. The maximum atomic E-state index is 14.2. The lowest BCUT2D eigenvalue weighted by molar-refractivity contribution is -0.143. The average molecular weight is 624 g/mol. The SMILES string of the molecule is C=CCC1(CC=C)CC2C(C3C=CC(C)=CC3C)N(C(=O)N(C)[C@H](C)c3cc(C(F)(F)F)cc(C(F)(F)F)c3)CCN2C1=O. The van der Waals surface area contributed by atoms with E-state index in [1.165, 1.54) is 18.9 Å². The van der Waals surface area contributed by atoms with Crippen LogP contribution in [0.2, 0.25) is 0 Å². The fourth-order valence-corrected chi connectivity index (χ4v) is 7.12. The number of piperazine rings is 1. The van der Waals surface area contributed by atoms with E-state index in [0.29, 0.717) is 31.4 Å². The maximum absolute atomic E-state index is 14.2. The Kier molecular flexibility index (Phi) is 9.20. The molecule has 1 aliphatic carbocycles. The lowest BCUT2D eigenvalue weighted by Crippen LogP contribution is -2.64. The van der Waals surface area contributed by atoms with Gasteiger partial charge in [-0.2, -0.15) is 26.3 Å². The van der Waals surface area contributed by atoms with Crippen molar-refractivity contribution in [3.8, 4) is 0 Å².